The smallest absolute Gasteiger partial charge is 0.251 e. The number of pyridine rings is 6. The van der Waals surface area contributed by atoms with Crippen molar-refractivity contribution in [3.05, 3.63) is 152 Å². The molecule has 61 heavy (non-hydrogen) atoms. The summed E-state index contributed by atoms with van der Waals surface area (Å²) in [5.74, 6) is 1.47. The van der Waals surface area contributed by atoms with E-state index in [1.54, 1.807) is 24.7 Å². The lowest BCUT2D eigenvalue weighted by atomic mass is 9.96. The average molecular weight is 844 g/mol. The Hall–Kier alpha value is -6.12. The molecule has 13 nitrogen and oxygen atoms in total. The number of fused-ring (bicyclic) bond motifs is 3. The zero-order chi connectivity index (χ0) is 44.1. The topological polar surface area (TPSA) is 205 Å². The van der Waals surface area contributed by atoms with Crippen molar-refractivity contribution >= 4 is 51.1 Å². The minimum Gasteiger partial charge on any atom is -0.394 e. The molecule has 0 bridgehead atoms. The molecule has 0 saturated heterocycles. The molecule has 0 atom stereocenters. The zero-order valence-corrected chi connectivity index (χ0v) is 36.3. The van der Waals surface area contributed by atoms with Crippen LogP contribution >= 0.6 is 11.6 Å². The lowest BCUT2D eigenvalue weighted by molar-refractivity contribution is 0.0450. The maximum atomic E-state index is 13.0. The van der Waals surface area contributed by atoms with Crippen LogP contribution in [0.2, 0.25) is 5.02 Å². The molecule has 1 aromatic carbocycles. The number of aliphatic hydroxyl groups excluding tert-OH is 3. The minimum absolute atomic E-state index is 0.118. The molecule has 0 fully saturated rings. The molecular formula is C47H54ClN9O4. The Bertz CT molecular complexity index is 2550. The first-order chi connectivity index (χ1) is 29.2. The molecule has 318 valence electrons. The number of benzene rings is 1. The van der Waals surface area contributed by atoms with Crippen LogP contribution in [0.25, 0.3) is 21.9 Å². The maximum Gasteiger partial charge on any atom is 0.251 e. The van der Waals surface area contributed by atoms with Crippen LogP contribution in [0.15, 0.2) is 85.3 Å². The average Bonchev–Trinajstić information content (AvgIpc) is 3.23. The van der Waals surface area contributed by atoms with Gasteiger partial charge in [-0.05, 0) is 148 Å². The predicted molar refractivity (Wildman–Crippen MR) is 243 cm³/mol. The third-order valence-corrected chi connectivity index (χ3v) is 10.1. The summed E-state index contributed by atoms with van der Waals surface area (Å²) in [6.45, 7) is 12.8. The minimum atomic E-state index is -0.954. The van der Waals surface area contributed by atoms with E-state index >= 15 is 0 Å². The first-order valence-electron chi connectivity index (χ1n) is 20.0. The number of aryl methyl sites for hydroxylation is 5. The summed E-state index contributed by atoms with van der Waals surface area (Å²) in [6, 6.07) is 21.5. The van der Waals surface area contributed by atoms with Crippen molar-refractivity contribution in [3.63, 3.8) is 0 Å². The van der Waals surface area contributed by atoms with Gasteiger partial charge in [-0.25, -0.2) is 19.9 Å². The summed E-state index contributed by atoms with van der Waals surface area (Å²) >= 11 is 6.09. The predicted octanol–water partition coefficient (Wildman–Crippen LogP) is 7.03. The molecular weight excluding hydrogens is 790 g/mol. The number of anilines is 2. The van der Waals surface area contributed by atoms with Gasteiger partial charge in [0.05, 0.1) is 23.8 Å². The van der Waals surface area contributed by atoms with Gasteiger partial charge >= 0.3 is 0 Å². The van der Waals surface area contributed by atoms with E-state index in [0.717, 1.165) is 81.0 Å². The Kier molecular flexibility index (Phi) is 16.5. The molecule has 0 aliphatic carbocycles. The summed E-state index contributed by atoms with van der Waals surface area (Å²) in [7, 11) is 0. The number of rotatable bonds is 7. The summed E-state index contributed by atoms with van der Waals surface area (Å²) < 4.78 is 0. The van der Waals surface area contributed by atoms with E-state index in [1.807, 2.05) is 76.2 Å². The highest BCUT2D eigenvalue weighted by molar-refractivity contribution is 6.31. The van der Waals surface area contributed by atoms with Gasteiger partial charge in [-0.15, -0.1) is 0 Å². The van der Waals surface area contributed by atoms with Crippen molar-refractivity contribution in [3.8, 4) is 0 Å². The van der Waals surface area contributed by atoms with Gasteiger partial charge in [0.2, 0.25) is 0 Å². The number of hydrogen-bond donors (Lipinski definition) is 6. The second-order valence-corrected chi connectivity index (χ2v) is 15.4. The van der Waals surface area contributed by atoms with E-state index in [9.17, 15) is 4.79 Å². The molecule has 0 spiro atoms. The van der Waals surface area contributed by atoms with Crippen LogP contribution in [0.1, 0.15) is 72.9 Å². The Morgan fingerprint density at radius 2 is 1.66 bits per heavy atom. The highest BCUT2D eigenvalue weighted by Gasteiger charge is 2.18. The third-order valence-electron chi connectivity index (χ3n) is 9.86. The van der Waals surface area contributed by atoms with Crippen molar-refractivity contribution in [2.75, 3.05) is 30.8 Å². The van der Waals surface area contributed by atoms with E-state index in [1.165, 1.54) is 22.3 Å². The molecule has 8 rings (SSSR count). The Balaban J connectivity index is 0.000000210. The number of carbonyl (C=O) groups excluding carboxylic acids is 1. The Morgan fingerprint density at radius 1 is 0.885 bits per heavy atom. The fourth-order valence-corrected chi connectivity index (χ4v) is 7.06. The maximum absolute atomic E-state index is 13.0. The van der Waals surface area contributed by atoms with Gasteiger partial charge in [-0.1, -0.05) is 17.7 Å². The quantitative estimate of drug-likeness (QED) is 0.0957. The summed E-state index contributed by atoms with van der Waals surface area (Å²) in [5, 5.41) is 33.2. The summed E-state index contributed by atoms with van der Waals surface area (Å²) in [6.07, 6.45) is 6.89. The lowest BCUT2D eigenvalue weighted by Crippen LogP contribution is -2.25. The van der Waals surface area contributed by atoms with Gasteiger partial charge in [-0.2, -0.15) is 0 Å². The van der Waals surface area contributed by atoms with Crippen molar-refractivity contribution in [1.29, 1.82) is 0 Å². The van der Waals surface area contributed by atoms with E-state index in [0.29, 0.717) is 29.4 Å². The highest BCUT2D eigenvalue weighted by Crippen LogP contribution is 2.28. The number of nitrogens with two attached hydrogens (primary N) is 1. The SMILES string of the molecule is Cc1cc(C)c2cccnc2n1.Cc1cc(C)nc(N)c1.Cc1nc2c(c(C)c1CNC(=O)c1ccnc(Cc3ccc4ncc(Cl)cc4c3)c1)CCCN2.OCC(O)CO. The molecule has 14 heteroatoms. The molecule has 1 aliphatic heterocycles. The standard InChI is InChI=1S/C27H26ClN5O.C10H10N2.C7H10N2.C3H8O3/c1-16-23-4-3-8-30-26(23)33-17(2)24(16)15-32-27(34)19-7-9-29-22(13-19)11-18-5-6-25-20(10-18)12-21(28)14-31-25;1-7-6-8(2)12-10-9(7)4-3-5-11-10;1-5-3-6(2)9-7(8)4-5;4-1-3(6)2-5/h5-7,9-10,12-14H,3-4,8,11,15H2,1-2H3,(H,30,33)(H,32,34);3-6H,1-2H3;3-4H,1-2H3,(H2,8,9);3-6H,1-2H2. The van der Waals surface area contributed by atoms with Crippen LogP contribution in [0, 0.1) is 41.5 Å². The number of carbonyl (C=O) groups is 1. The van der Waals surface area contributed by atoms with Crippen LogP contribution in [-0.2, 0) is 19.4 Å². The van der Waals surface area contributed by atoms with E-state index in [4.69, 9.17) is 37.6 Å². The van der Waals surface area contributed by atoms with Gasteiger partial charge in [0.25, 0.3) is 5.91 Å². The molecule has 0 unspecified atom stereocenters. The second kappa shape index (κ2) is 21.9. The van der Waals surface area contributed by atoms with Gasteiger partial charge in [0, 0.05) is 77.2 Å². The van der Waals surface area contributed by atoms with Crippen molar-refractivity contribution < 1.29 is 20.1 Å². The summed E-state index contributed by atoms with van der Waals surface area (Å²) in [5.41, 5.74) is 18.6. The Labute approximate surface area is 361 Å². The number of hydrogen-bond acceptors (Lipinski definition) is 12. The monoisotopic (exact) mass is 843 g/mol. The number of nitrogen functional groups attached to an aromatic ring is 1. The van der Waals surface area contributed by atoms with Crippen LogP contribution in [0.4, 0.5) is 11.6 Å². The zero-order valence-electron chi connectivity index (χ0n) is 35.5. The first-order valence-corrected chi connectivity index (χ1v) is 20.4. The highest BCUT2D eigenvalue weighted by atomic mass is 35.5. The molecule has 7 aromatic rings. The van der Waals surface area contributed by atoms with Crippen LogP contribution < -0.4 is 16.4 Å². The molecule has 0 saturated carbocycles. The number of halogens is 1. The Morgan fingerprint density at radius 3 is 2.38 bits per heavy atom. The van der Waals surface area contributed by atoms with E-state index in [-0.39, 0.29) is 19.1 Å². The third kappa shape index (κ3) is 13.2. The number of nitrogens with zero attached hydrogens (tertiary/aromatic N) is 6. The van der Waals surface area contributed by atoms with Crippen molar-refractivity contribution in [2.45, 2.75) is 73.5 Å². The second-order valence-electron chi connectivity index (χ2n) is 14.9. The number of aliphatic hydroxyl groups is 3. The number of nitrogens with one attached hydrogen (secondary N) is 2. The fourth-order valence-electron chi connectivity index (χ4n) is 6.89. The molecule has 7 heterocycles. The van der Waals surface area contributed by atoms with Crippen molar-refractivity contribution in [1.82, 2.24) is 35.2 Å². The molecule has 1 aliphatic rings. The molecule has 6 aromatic heterocycles. The van der Waals surface area contributed by atoms with Crippen LogP contribution in [-0.4, -0.2) is 77.0 Å². The number of aromatic nitrogens is 6. The van der Waals surface area contributed by atoms with Gasteiger partial charge < -0.3 is 31.7 Å². The van der Waals surface area contributed by atoms with Gasteiger partial charge in [0.1, 0.15) is 17.7 Å². The molecule has 0 radical (unpaired) electrons. The largest absolute Gasteiger partial charge is 0.394 e. The van der Waals surface area contributed by atoms with Crippen LogP contribution in [0.5, 0.6) is 0 Å². The summed E-state index contributed by atoms with van der Waals surface area (Å²) in [4.78, 5) is 39.0. The molecule has 7 N–H and O–H groups in total. The first kappa shape index (κ1) is 46.0. The normalized spacial score (nSPS) is 11.6. The van der Waals surface area contributed by atoms with Crippen LogP contribution in [0.3, 0.4) is 0 Å². The number of amides is 1. The van der Waals surface area contributed by atoms with Gasteiger partial charge in [0.15, 0.2) is 5.65 Å². The van der Waals surface area contributed by atoms with E-state index < -0.39 is 6.10 Å². The van der Waals surface area contributed by atoms with Crippen molar-refractivity contribution in [2.24, 2.45) is 0 Å². The van der Waals surface area contributed by atoms with E-state index in [2.05, 4.69) is 61.5 Å². The van der Waals surface area contributed by atoms with Gasteiger partial charge in [-0.3, -0.25) is 14.8 Å². The molecule has 1 amide bonds. The fraction of sp³-hybridized carbons (Fsp3) is 0.298. The lowest BCUT2D eigenvalue weighted by Gasteiger charge is -2.22.